The highest BCUT2D eigenvalue weighted by Gasteiger charge is 2.34. The number of nitrogens with one attached hydrogen (secondary N) is 1. The Kier molecular flexibility index (Phi) is 13.0. The number of carbonyl (C=O) groups excluding carboxylic acids is 2. The summed E-state index contributed by atoms with van der Waals surface area (Å²) in [6.07, 6.45) is 1.82. The van der Waals surface area contributed by atoms with Gasteiger partial charge in [-0.1, -0.05) is 84.5 Å². The van der Waals surface area contributed by atoms with E-state index >= 15 is 0 Å². The second-order valence-corrected chi connectivity index (χ2v) is 13.9. The largest absolute Gasteiger partial charge is 0.497 e. The van der Waals surface area contributed by atoms with Crippen LogP contribution < -0.4 is 14.4 Å². The van der Waals surface area contributed by atoms with Crippen LogP contribution in [0.5, 0.6) is 5.75 Å². The Morgan fingerprint density at radius 3 is 2.15 bits per heavy atom. The number of nitrogens with zero attached hydrogens (tertiary/aromatic N) is 2. The Balaban J connectivity index is 1.80. The standard InChI is InChI=1S/C35H36Cl3N3O5S/c1-3-4-20-39-35(43)33(22-25-8-6-5-7-9-25)40(23-26-10-19-31(37)32(38)21-26)34(42)24-41(28-13-11-27(36)12-14-28)47(44,45)30-17-15-29(46-2)16-18-30/h5-19,21,33H,3-4,20,22-24H2,1-2H3,(H,39,43). The first-order valence-corrected chi connectivity index (χ1v) is 17.6. The van der Waals surface area contributed by atoms with E-state index < -0.39 is 28.5 Å². The van der Waals surface area contributed by atoms with Gasteiger partial charge in [-0.25, -0.2) is 8.42 Å². The molecule has 12 heteroatoms. The Labute approximate surface area is 291 Å². The third-order valence-corrected chi connectivity index (χ3v) is 10.3. The van der Waals surface area contributed by atoms with Gasteiger partial charge in [-0.2, -0.15) is 0 Å². The van der Waals surface area contributed by atoms with Gasteiger partial charge in [0, 0.05) is 24.5 Å². The molecule has 0 saturated heterocycles. The molecular formula is C35H36Cl3N3O5S. The van der Waals surface area contributed by atoms with Crippen LogP contribution in [0, 0.1) is 0 Å². The Bertz CT molecular complexity index is 1760. The summed E-state index contributed by atoms with van der Waals surface area (Å²) in [6.45, 7) is 1.80. The molecule has 0 saturated carbocycles. The molecule has 4 aromatic rings. The molecule has 0 aliphatic rings. The number of ether oxygens (including phenoxy) is 1. The van der Waals surface area contributed by atoms with Gasteiger partial charge in [-0.05, 0) is 78.2 Å². The van der Waals surface area contributed by atoms with Gasteiger partial charge in [0.1, 0.15) is 18.3 Å². The number of methoxy groups -OCH3 is 1. The first-order valence-electron chi connectivity index (χ1n) is 15.0. The normalized spacial score (nSPS) is 11.9. The highest BCUT2D eigenvalue weighted by atomic mass is 35.5. The molecule has 0 aliphatic carbocycles. The molecule has 0 radical (unpaired) electrons. The van der Waals surface area contributed by atoms with E-state index in [1.165, 1.54) is 48.4 Å². The number of sulfonamides is 1. The van der Waals surface area contributed by atoms with Gasteiger partial charge >= 0.3 is 0 Å². The number of rotatable bonds is 15. The molecule has 0 heterocycles. The molecule has 0 spiro atoms. The lowest BCUT2D eigenvalue weighted by atomic mass is 10.0. The van der Waals surface area contributed by atoms with Crippen molar-refractivity contribution in [2.24, 2.45) is 0 Å². The summed E-state index contributed by atoms with van der Waals surface area (Å²) in [5, 5.41) is 3.99. The lowest BCUT2D eigenvalue weighted by molar-refractivity contribution is -0.140. The van der Waals surface area contributed by atoms with Gasteiger partial charge < -0.3 is 15.0 Å². The van der Waals surface area contributed by atoms with Crippen LogP contribution in [0.1, 0.15) is 30.9 Å². The lowest BCUT2D eigenvalue weighted by Crippen LogP contribution is -2.53. The van der Waals surface area contributed by atoms with Crippen molar-refractivity contribution < 1.29 is 22.7 Å². The fourth-order valence-electron chi connectivity index (χ4n) is 4.91. The quantitative estimate of drug-likeness (QED) is 0.129. The highest BCUT2D eigenvalue weighted by Crippen LogP contribution is 2.28. The minimum absolute atomic E-state index is 0.0362. The topological polar surface area (TPSA) is 96.0 Å². The van der Waals surface area contributed by atoms with Gasteiger partial charge in [0.05, 0.1) is 27.7 Å². The molecule has 4 rings (SSSR count). The minimum Gasteiger partial charge on any atom is -0.497 e. The first-order chi connectivity index (χ1) is 22.5. The monoisotopic (exact) mass is 715 g/mol. The van der Waals surface area contributed by atoms with Crippen molar-refractivity contribution >= 4 is 62.3 Å². The smallest absolute Gasteiger partial charge is 0.264 e. The van der Waals surface area contributed by atoms with Gasteiger partial charge in [0.25, 0.3) is 10.0 Å². The number of benzene rings is 4. The van der Waals surface area contributed by atoms with Crippen LogP contribution in [0.25, 0.3) is 0 Å². The SMILES string of the molecule is CCCCNC(=O)C(Cc1ccccc1)N(Cc1ccc(Cl)c(Cl)c1)C(=O)CN(c1ccc(Cl)cc1)S(=O)(=O)c1ccc(OC)cc1. The molecular weight excluding hydrogens is 681 g/mol. The summed E-state index contributed by atoms with van der Waals surface area (Å²) < 4.78 is 34.5. The van der Waals surface area contributed by atoms with E-state index in [1.807, 2.05) is 37.3 Å². The second-order valence-electron chi connectivity index (χ2n) is 10.8. The van der Waals surface area contributed by atoms with E-state index in [0.29, 0.717) is 27.9 Å². The fraction of sp³-hybridized carbons (Fsp3) is 0.257. The van der Waals surface area contributed by atoms with Gasteiger partial charge in [-0.3, -0.25) is 13.9 Å². The fourth-order valence-corrected chi connectivity index (χ4v) is 6.77. The first kappa shape index (κ1) is 36.1. The summed E-state index contributed by atoms with van der Waals surface area (Å²) in [5.74, 6) is -0.481. The number of hydrogen-bond donors (Lipinski definition) is 1. The molecule has 0 fully saturated rings. The van der Waals surface area contributed by atoms with Crippen LogP contribution in [0.2, 0.25) is 15.1 Å². The van der Waals surface area contributed by atoms with Crippen molar-refractivity contribution in [3.05, 3.63) is 123 Å². The zero-order chi connectivity index (χ0) is 34.0. The van der Waals surface area contributed by atoms with E-state index in [2.05, 4.69) is 5.32 Å². The van der Waals surface area contributed by atoms with Gasteiger partial charge in [0.15, 0.2) is 0 Å². The molecule has 0 aliphatic heterocycles. The molecule has 248 valence electrons. The zero-order valence-electron chi connectivity index (χ0n) is 26.0. The number of amides is 2. The van der Waals surface area contributed by atoms with Gasteiger partial charge in [-0.15, -0.1) is 0 Å². The van der Waals surface area contributed by atoms with Crippen LogP contribution in [-0.2, 0) is 32.6 Å². The third-order valence-electron chi connectivity index (χ3n) is 7.48. The molecule has 0 aromatic heterocycles. The highest BCUT2D eigenvalue weighted by molar-refractivity contribution is 7.92. The van der Waals surface area contributed by atoms with E-state index in [4.69, 9.17) is 39.5 Å². The summed E-state index contributed by atoms with van der Waals surface area (Å²) >= 11 is 18.7. The number of halogens is 3. The molecule has 1 atom stereocenters. The molecule has 4 aromatic carbocycles. The van der Waals surface area contributed by atoms with Crippen LogP contribution in [0.4, 0.5) is 5.69 Å². The van der Waals surface area contributed by atoms with Crippen molar-refractivity contribution in [1.29, 1.82) is 0 Å². The summed E-state index contributed by atoms with van der Waals surface area (Å²) in [7, 11) is -2.80. The molecule has 47 heavy (non-hydrogen) atoms. The Hall–Kier alpha value is -3.76. The maximum Gasteiger partial charge on any atom is 0.264 e. The van der Waals surface area contributed by atoms with Gasteiger partial charge in [0.2, 0.25) is 11.8 Å². The molecule has 2 amide bonds. The molecule has 0 bridgehead atoms. The van der Waals surface area contributed by atoms with Crippen LogP contribution in [-0.4, -0.2) is 51.4 Å². The second kappa shape index (κ2) is 16.9. The minimum atomic E-state index is -4.28. The van der Waals surface area contributed by atoms with Crippen LogP contribution >= 0.6 is 34.8 Å². The number of carbonyl (C=O) groups is 2. The molecule has 1 unspecified atom stereocenters. The van der Waals surface area contributed by atoms with E-state index in [0.717, 1.165) is 22.7 Å². The van der Waals surface area contributed by atoms with Crippen molar-refractivity contribution in [2.45, 2.75) is 43.7 Å². The number of hydrogen-bond acceptors (Lipinski definition) is 5. The molecule has 1 N–H and O–H groups in total. The van der Waals surface area contributed by atoms with Crippen LogP contribution in [0.15, 0.2) is 102 Å². The van der Waals surface area contributed by atoms with Crippen molar-refractivity contribution in [3.63, 3.8) is 0 Å². The van der Waals surface area contributed by atoms with Crippen molar-refractivity contribution in [2.75, 3.05) is 24.5 Å². The average molecular weight is 717 g/mol. The van der Waals surface area contributed by atoms with Crippen LogP contribution in [0.3, 0.4) is 0 Å². The number of anilines is 1. The van der Waals surface area contributed by atoms with E-state index in [9.17, 15) is 18.0 Å². The summed E-state index contributed by atoms with van der Waals surface area (Å²) in [5.41, 5.74) is 1.67. The van der Waals surface area contributed by atoms with Crippen molar-refractivity contribution in [3.8, 4) is 5.75 Å². The maximum absolute atomic E-state index is 14.5. The molecule has 8 nitrogen and oxygen atoms in total. The zero-order valence-corrected chi connectivity index (χ0v) is 29.1. The van der Waals surface area contributed by atoms with Crippen molar-refractivity contribution in [1.82, 2.24) is 10.2 Å². The summed E-state index contributed by atoms with van der Waals surface area (Å²) in [4.78, 5) is 29.7. The third kappa shape index (κ3) is 9.64. The predicted molar refractivity (Wildman–Crippen MR) is 188 cm³/mol. The lowest BCUT2D eigenvalue weighted by Gasteiger charge is -2.34. The summed E-state index contributed by atoms with van der Waals surface area (Å²) in [6, 6.07) is 25.3. The van der Waals surface area contributed by atoms with E-state index in [-0.39, 0.29) is 34.5 Å². The number of unbranched alkanes of at least 4 members (excludes halogenated alkanes) is 1. The van der Waals surface area contributed by atoms with E-state index in [1.54, 1.807) is 30.3 Å². The maximum atomic E-state index is 14.5. The predicted octanol–water partition coefficient (Wildman–Crippen LogP) is 7.41. The Morgan fingerprint density at radius 1 is 0.851 bits per heavy atom. The average Bonchev–Trinajstić information content (AvgIpc) is 3.07. The Morgan fingerprint density at radius 2 is 1.53 bits per heavy atom.